The van der Waals surface area contributed by atoms with Gasteiger partial charge >= 0.3 is 12.1 Å². The van der Waals surface area contributed by atoms with Gasteiger partial charge in [0, 0.05) is 0 Å². The van der Waals surface area contributed by atoms with Gasteiger partial charge in [0.05, 0.1) is 0 Å². The number of carbonyl (C=O) groups excluding carboxylic acids is 1. The van der Waals surface area contributed by atoms with Crippen LogP contribution < -0.4 is 5.32 Å². The Morgan fingerprint density at radius 2 is 1.88 bits per heavy atom. The summed E-state index contributed by atoms with van der Waals surface area (Å²) in [5.74, 6) is -1.03. The summed E-state index contributed by atoms with van der Waals surface area (Å²) in [5.41, 5.74) is -0.635. The van der Waals surface area contributed by atoms with Crippen molar-refractivity contribution in [2.75, 3.05) is 0 Å². The number of carboxylic acids is 1. The second kappa shape index (κ2) is 4.20. The van der Waals surface area contributed by atoms with Gasteiger partial charge in [0.1, 0.15) is 11.6 Å². The molecule has 1 amide bonds. The minimum absolute atomic E-state index is 0.0158. The van der Waals surface area contributed by atoms with Gasteiger partial charge in [-0.15, -0.1) is 0 Å². The third-order valence-electron chi connectivity index (χ3n) is 2.93. The molecule has 0 aliphatic heterocycles. The van der Waals surface area contributed by atoms with Crippen LogP contribution in [0, 0.1) is 11.3 Å². The Labute approximate surface area is 102 Å². The molecule has 0 aromatic rings. The molecule has 0 radical (unpaired) electrons. The van der Waals surface area contributed by atoms with Gasteiger partial charge in [0.25, 0.3) is 0 Å². The van der Waals surface area contributed by atoms with Gasteiger partial charge in [0.15, 0.2) is 0 Å². The molecule has 2 unspecified atom stereocenters. The molecule has 5 heteroatoms. The number of nitrogens with one attached hydrogen (secondary N) is 1. The highest BCUT2D eigenvalue weighted by atomic mass is 16.6. The average Bonchev–Trinajstić information content (AvgIpc) is 2.66. The largest absolute Gasteiger partial charge is 0.480 e. The fourth-order valence-electron chi connectivity index (χ4n) is 1.85. The van der Waals surface area contributed by atoms with E-state index in [4.69, 9.17) is 9.84 Å². The van der Waals surface area contributed by atoms with E-state index in [0.29, 0.717) is 0 Å². The normalized spacial score (nSPS) is 23.7. The summed E-state index contributed by atoms with van der Waals surface area (Å²) < 4.78 is 5.05. The van der Waals surface area contributed by atoms with Crippen LogP contribution in [0.3, 0.4) is 0 Å². The molecule has 2 N–H and O–H groups in total. The van der Waals surface area contributed by atoms with Crippen molar-refractivity contribution in [1.82, 2.24) is 5.32 Å². The molecule has 0 aromatic carbocycles. The van der Waals surface area contributed by atoms with Crippen LogP contribution in [0.25, 0.3) is 0 Å². The SMILES string of the molecule is CC(C)(C)OC(=O)NC(C(=O)O)C1CC1(C)C. The molecule has 1 fully saturated rings. The number of ether oxygens (including phenoxy) is 1. The Bertz CT molecular complexity index is 330. The maximum Gasteiger partial charge on any atom is 0.408 e. The fraction of sp³-hybridized carbons (Fsp3) is 0.833. The summed E-state index contributed by atoms with van der Waals surface area (Å²) in [7, 11) is 0. The van der Waals surface area contributed by atoms with E-state index in [0.717, 1.165) is 6.42 Å². The Balaban J connectivity index is 2.58. The zero-order valence-corrected chi connectivity index (χ0v) is 11.0. The van der Waals surface area contributed by atoms with Gasteiger partial charge in [-0.2, -0.15) is 0 Å². The van der Waals surface area contributed by atoms with E-state index in [-0.39, 0.29) is 11.3 Å². The average molecular weight is 243 g/mol. The first-order chi connectivity index (χ1) is 7.53. The third-order valence-corrected chi connectivity index (χ3v) is 2.93. The predicted molar refractivity (Wildman–Crippen MR) is 62.7 cm³/mol. The standard InChI is InChI=1S/C12H21NO4/c1-11(2,3)17-10(16)13-8(9(14)15)7-6-12(7,4)5/h7-8H,6H2,1-5H3,(H,13,16)(H,14,15). The number of carboxylic acid groups (broad SMARTS) is 1. The third kappa shape index (κ3) is 3.91. The van der Waals surface area contributed by atoms with Crippen LogP contribution in [0.4, 0.5) is 4.79 Å². The molecule has 2 atom stereocenters. The van der Waals surface area contributed by atoms with Crippen LogP contribution in [-0.4, -0.2) is 28.8 Å². The number of hydrogen-bond donors (Lipinski definition) is 2. The van der Waals surface area contributed by atoms with Crippen molar-refractivity contribution in [1.29, 1.82) is 0 Å². The second-order valence-corrected chi connectivity index (χ2v) is 6.26. The fourth-order valence-corrected chi connectivity index (χ4v) is 1.85. The molecule has 17 heavy (non-hydrogen) atoms. The van der Waals surface area contributed by atoms with Crippen molar-refractivity contribution in [3.8, 4) is 0 Å². The van der Waals surface area contributed by atoms with Gasteiger partial charge in [0.2, 0.25) is 0 Å². The van der Waals surface area contributed by atoms with Crippen LogP contribution in [0.1, 0.15) is 41.0 Å². The zero-order valence-electron chi connectivity index (χ0n) is 11.0. The lowest BCUT2D eigenvalue weighted by Gasteiger charge is -2.22. The number of rotatable bonds is 3. The van der Waals surface area contributed by atoms with Crippen molar-refractivity contribution in [3.05, 3.63) is 0 Å². The zero-order chi connectivity index (χ0) is 13.4. The van der Waals surface area contributed by atoms with Gasteiger partial charge in [-0.25, -0.2) is 9.59 Å². The molecule has 98 valence electrons. The van der Waals surface area contributed by atoms with Crippen molar-refractivity contribution in [2.24, 2.45) is 11.3 Å². The van der Waals surface area contributed by atoms with Crippen molar-refractivity contribution in [2.45, 2.75) is 52.7 Å². The first-order valence-electron chi connectivity index (χ1n) is 5.75. The maximum atomic E-state index is 11.5. The topological polar surface area (TPSA) is 75.6 Å². The maximum absolute atomic E-state index is 11.5. The molecule has 1 aliphatic carbocycles. The lowest BCUT2D eigenvalue weighted by Crippen LogP contribution is -2.45. The molecule has 0 saturated heterocycles. The smallest absolute Gasteiger partial charge is 0.408 e. The van der Waals surface area contributed by atoms with Crippen LogP contribution in [0.15, 0.2) is 0 Å². The molecule has 0 aromatic heterocycles. The number of hydrogen-bond acceptors (Lipinski definition) is 3. The second-order valence-electron chi connectivity index (χ2n) is 6.26. The number of carbonyl (C=O) groups is 2. The molecule has 0 spiro atoms. The van der Waals surface area contributed by atoms with Crippen molar-refractivity contribution in [3.63, 3.8) is 0 Å². The van der Waals surface area contributed by atoms with Gasteiger partial charge < -0.3 is 15.2 Å². The van der Waals surface area contributed by atoms with Crippen LogP contribution in [0.2, 0.25) is 0 Å². The Morgan fingerprint density at radius 1 is 1.41 bits per heavy atom. The van der Waals surface area contributed by atoms with Gasteiger partial charge in [-0.05, 0) is 38.5 Å². The number of amides is 1. The molecule has 1 aliphatic rings. The van der Waals surface area contributed by atoms with Crippen LogP contribution in [-0.2, 0) is 9.53 Å². The highest BCUT2D eigenvalue weighted by Gasteiger charge is 2.53. The molecule has 0 heterocycles. The number of alkyl carbamates (subject to hydrolysis) is 1. The Kier molecular flexibility index (Phi) is 3.41. The minimum Gasteiger partial charge on any atom is -0.480 e. The number of aliphatic carboxylic acids is 1. The molecule has 1 saturated carbocycles. The highest BCUT2D eigenvalue weighted by Crippen LogP contribution is 2.53. The summed E-state index contributed by atoms with van der Waals surface area (Å²) in [6, 6.07) is -0.861. The van der Waals surface area contributed by atoms with Crippen molar-refractivity contribution < 1.29 is 19.4 Å². The van der Waals surface area contributed by atoms with E-state index >= 15 is 0 Å². The highest BCUT2D eigenvalue weighted by molar-refractivity contribution is 5.81. The van der Waals surface area contributed by atoms with Crippen LogP contribution in [0.5, 0.6) is 0 Å². The van der Waals surface area contributed by atoms with Crippen LogP contribution >= 0.6 is 0 Å². The summed E-state index contributed by atoms with van der Waals surface area (Å²) in [6.45, 7) is 9.20. The van der Waals surface area contributed by atoms with Gasteiger partial charge in [-0.1, -0.05) is 13.8 Å². The van der Waals surface area contributed by atoms with E-state index in [2.05, 4.69) is 5.32 Å². The molecule has 5 nitrogen and oxygen atoms in total. The van der Waals surface area contributed by atoms with E-state index < -0.39 is 23.7 Å². The Morgan fingerprint density at radius 3 is 2.18 bits per heavy atom. The van der Waals surface area contributed by atoms with Crippen molar-refractivity contribution >= 4 is 12.1 Å². The minimum atomic E-state index is -1.01. The monoisotopic (exact) mass is 243 g/mol. The summed E-state index contributed by atoms with van der Waals surface area (Å²) in [5, 5.41) is 11.5. The first kappa shape index (κ1) is 13.8. The molecule has 1 rings (SSSR count). The molecular formula is C12H21NO4. The summed E-state index contributed by atoms with van der Waals surface area (Å²) >= 11 is 0. The Hall–Kier alpha value is -1.26. The predicted octanol–water partition coefficient (Wildman–Crippen LogP) is 2.01. The van der Waals surface area contributed by atoms with Gasteiger partial charge in [-0.3, -0.25) is 0 Å². The van der Waals surface area contributed by atoms with E-state index in [1.165, 1.54) is 0 Å². The lowest BCUT2D eigenvalue weighted by molar-refractivity contribution is -0.140. The van der Waals surface area contributed by atoms with E-state index in [1.54, 1.807) is 20.8 Å². The van der Waals surface area contributed by atoms with E-state index in [9.17, 15) is 9.59 Å². The quantitative estimate of drug-likeness (QED) is 0.795. The first-order valence-corrected chi connectivity index (χ1v) is 5.75. The molecule has 0 bridgehead atoms. The summed E-state index contributed by atoms with van der Waals surface area (Å²) in [6.07, 6.45) is 0.132. The van der Waals surface area contributed by atoms with E-state index in [1.807, 2.05) is 13.8 Å². The summed E-state index contributed by atoms with van der Waals surface area (Å²) in [4.78, 5) is 22.6. The lowest BCUT2D eigenvalue weighted by atomic mass is 10.0. The molecular weight excluding hydrogens is 222 g/mol.